The molecule has 5 aromatic rings. The summed E-state index contributed by atoms with van der Waals surface area (Å²) in [5.41, 5.74) is 11.7. The lowest BCUT2D eigenvalue weighted by molar-refractivity contribution is -0.115. The molecule has 8 heteroatoms. The third-order valence-electron chi connectivity index (χ3n) is 6.76. The molecule has 2 heterocycles. The van der Waals surface area contributed by atoms with E-state index in [2.05, 4.69) is 10.3 Å². The smallest absolute Gasteiger partial charge is 0.251 e. The van der Waals surface area contributed by atoms with Crippen molar-refractivity contribution in [2.45, 2.75) is 19.6 Å². The number of ether oxygens (including phenoxy) is 1. The number of rotatable bonds is 9. The fourth-order valence-electron chi connectivity index (χ4n) is 4.51. The Morgan fingerprint density at radius 3 is 2.63 bits per heavy atom. The average molecular weight is 565 g/mol. The Morgan fingerprint density at radius 1 is 1.05 bits per heavy atom. The number of nitrogens with one attached hydrogen (secondary N) is 1. The van der Waals surface area contributed by atoms with Crippen LogP contribution < -0.4 is 15.8 Å². The number of hydrogen-bond donors (Lipinski definition) is 2. The van der Waals surface area contributed by atoms with Gasteiger partial charge in [0.1, 0.15) is 23.9 Å². The number of carbonyl (C=O) groups excluding carboxylic acids is 2. The van der Waals surface area contributed by atoms with E-state index in [9.17, 15) is 9.59 Å². The zero-order valence-corrected chi connectivity index (χ0v) is 23.4. The summed E-state index contributed by atoms with van der Waals surface area (Å²) >= 11 is 6.54. The highest BCUT2D eigenvalue weighted by Gasteiger charge is 2.18. The third-order valence-corrected chi connectivity index (χ3v) is 7.13. The van der Waals surface area contributed by atoms with Crippen molar-refractivity contribution in [3.63, 3.8) is 0 Å². The summed E-state index contributed by atoms with van der Waals surface area (Å²) in [6.45, 7) is 2.19. The molecular weight excluding hydrogens is 536 g/mol. The molecule has 0 aliphatic heterocycles. The van der Waals surface area contributed by atoms with Crippen molar-refractivity contribution in [1.82, 2.24) is 14.9 Å². The van der Waals surface area contributed by atoms with Gasteiger partial charge in [0.2, 0.25) is 0 Å². The maximum atomic E-state index is 13.0. The molecule has 0 saturated heterocycles. The molecule has 1 amide bonds. The molecule has 41 heavy (non-hydrogen) atoms. The van der Waals surface area contributed by atoms with E-state index in [0.717, 1.165) is 33.4 Å². The first-order chi connectivity index (χ1) is 19.8. The van der Waals surface area contributed by atoms with Gasteiger partial charge in [-0.3, -0.25) is 9.59 Å². The van der Waals surface area contributed by atoms with Crippen LogP contribution in [0.25, 0.3) is 22.7 Å². The predicted octanol–water partition coefficient (Wildman–Crippen LogP) is 6.21. The number of aryl methyl sites for hydroxylation is 1. The molecular formula is C33H29ClN4O3. The lowest BCUT2D eigenvalue weighted by Crippen LogP contribution is -2.22. The Bertz CT molecular complexity index is 1760. The summed E-state index contributed by atoms with van der Waals surface area (Å²) in [5, 5.41) is 4.15. The summed E-state index contributed by atoms with van der Waals surface area (Å²) in [6.07, 6.45) is 5.00. The second-order valence-corrected chi connectivity index (χ2v) is 9.97. The second kappa shape index (κ2) is 12.2. The number of hydrogen-bond acceptors (Lipinski definition) is 5. The van der Waals surface area contributed by atoms with Gasteiger partial charge in [0.05, 0.1) is 0 Å². The minimum Gasteiger partial charge on any atom is -0.487 e. The van der Waals surface area contributed by atoms with Crippen molar-refractivity contribution in [3.05, 3.63) is 130 Å². The second-order valence-electron chi connectivity index (χ2n) is 9.56. The summed E-state index contributed by atoms with van der Waals surface area (Å²) < 4.78 is 8.04. The van der Waals surface area contributed by atoms with Crippen LogP contribution in [0.2, 0.25) is 5.02 Å². The van der Waals surface area contributed by atoms with Gasteiger partial charge in [-0.15, -0.1) is 0 Å². The van der Waals surface area contributed by atoms with E-state index in [4.69, 9.17) is 22.1 Å². The molecule has 0 fully saturated rings. The van der Waals surface area contributed by atoms with Crippen molar-refractivity contribution in [2.24, 2.45) is 5.73 Å². The summed E-state index contributed by atoms with van der Waals surface area (Å²) in [6, 6.07) is 25.2. The van der Waals surface area contributed by atoms with Gasteiger partial charge in [-0.25, -0.2) is 4.98 Å². The quantitative estimate of drug-likeness (QED) is 0.207. The fourth-order valence-corrected chi connectivity index (χ4v) is 4.68. The highest BCUT2D eigenvalue weighted by molar-refractivity contribution is 6.31. The number of aromatic nitrogens is 2. The number of pyridine rings is 1. The molecule has 3 N–H and O–H groups in total. The van der Waals surface area contributed by atoms with Gasteiger partial charge < -0.3 is 20.4 Å². The van der Waals surface area contributed by atoms with Crippen molar-refractivity contribution in [2.75, 3.05) is 7.05 Å². The lowest BCUT2D eigenvalue weighted by atomic mass is 10.1. The summed E-state index contributed by atoms with van der Waals surface area (Å²) in [4.78, 5) is 29.4. The number of benzene rings is 3. The zero-order chi connectivity index (χ0) is 28.9. The van der Waals surface area contributed by atoms with E-state index in [1.807, 2.05) is 72.3 Å². The van der Waals surface area contributed by atoms with Crippen LogP contribution >= 0.6 is 11.6 Å². The van der Waals surface area contributed by atoms with Crippen LogP contribution in [0.5, 0.6) is 5.75 Å². The molecule has 7 nitrogen and oxygen atoms in total. The van der Waals surface area contributed by atoms with Gasteiger partial charge in [-0.2, -0.15) is 0 Å². The topological polar surface area (TPSA) is 99.2 Å². The first-order valence-electron chi connectivity index (χ1n) is 13.1. The normalized spacial score (nSPS) is 12.0. The van der Waals surface area contributed by atoms with Crippen LogP contribution in [-0.2, 0) is 11.4 Å². The predicted molar refractivity (Wildman–Crippen MR) is 162 cm³/mol. The highest BCUT2D eigenvalue weighted by atomic mass is 35.5. The Hall–Kier alpha value is -4.72. The number of halogens is 1. The Labute approximate surface area is 243 Å². The maximum absolute atomic E-state index is 13.0. The summed E-state index contributed by atoms with van der Waals surface area (Å²) in [5.74, 6) is 0.255. The molecule has 1 unspecified atom stereocenters. The largest absolute Gasteiger partial charge is 0.487 e. The van der Waals surface area contributed by atoms with Crippen LogP contribution in [0.1, 0.15) is 38.9 Å². The monoisotopic (exact) mass is 564 g/mol. The minimum atomic E-state index is -0.883. The molecule has 0 radical (unpaired) electrons. The highest BCUT2D eigenvalue weighted by Crippen LogP contribution is 2.28. The Balaban J connectivity index is 1.33. The molecule has 0 aliphatic carbocycles. The molecule has 1 atom stereocenters. The number of nitrogens with two attached hydrogens (primary N) is 1. The molecule has 0 aliphatic rings. The van der Waals surface area contributed by atoms with E-state index >= 15 is 0 Å². The van der Waals surface area contributed by atoms with Gasteiger partial charge in [0.15, 0.2) is 5.78 Å². The van der Waals surface area contributed by atoms with Gasteiger partial charge >= 0.3 is 0 Å². The molecule has 0 saturated carbocycles. The number of fused-ring (bicyclic) bond motifs is 1. The van der Waals surface area contributed by atoms with Crippen molar-refractivity contribution >= 4 is 40.3 Å². The first kappa shape index (κ1) is 27.8. The van der Waals surface area contributed by atoms with E-state index in [0.29, 0.717) is 22.0 Å². The van der Waals surface area contributed by atoms with Gasteiger partial charge in [0, 0.05) is 51.9 Å². The number of ketones is 1. The SMILES string of the molecule is CNC(=O)c1ccc(/C=C/C(=O)C(N)c2cccn2-c2ccc(Cl)c(COc3cccc4ccc(C)nc34)c2)cc1. The maximum Gasteiger partial charge on any atom is 0.251 e. The lowest BCUT2D eigenvalue weighted by Gasteiger charge is -2.16. The summed E-state index contributed by atoms with van der Waals surface area (Å²) in [7, 11) is 1.58. The number of para-hydroxylation sites is 1. The molecule has 0 spiro atoms. The standard InChI is InChI=1S/C33H29ClN4O3/c1-21-8-12-23-5-3-7-30(32(23)37-21)41-20-25-19-26(15-16-27(25)34)38-18-4-6-28(38)31(35)29(39)17-11-22-9-13-24(14-10-22)33(40)36-2/h3-19,31H,20,35H2,1-2H3,(H,36,40)/b17-11+. The van der Waals surface area contributed by atoms with Gasteiger partial charge in [0.25, 0.3) is 5.91 Å². The van der Waals surface area contributed by atoms with Crippen molar-refractivity contribution in [3.8, 4) is 11.4 Å². The van der Waals surface area contributed by atoms with Crippen LogP contribution in [0, 0.1) is 6.92 Å². The Morgan fingerprint density at radius 2 is 1.85 bits per heavy atom. The first-order valence-corrected chi connectivity index (χ1v) is 13.5. The minimum absolute atomic E-state index is 0.169. The zero-order valence-electron chi connectivity index (χ0n) is 22.7. The van der Waals surface area contributed by atoms with Gasteiger partial charge in [-0.05, 0) is 73.2 Å². The van der Waals surface area contributed by atoms with Crippen molar-refractivity contribution < 1.29 is 14.3 Å². The number of amides is 1. The Kier molecular flexibility index (Phi) is 8.29. The van der Waals surface area contributed by atoms with E-state index < -0.39 is 6.04 Å². The molecule has 0 bridgehead atoms. The van der Waals surface area contributed by atoms with Crippen LogP contribution in [-0.4, -0.2) is 28.3 Å². The molecule has 5 rings (SSSR count). The fraction of sp³-hybridized carbons (Fsp3) is 0.121. The van der Waals surface area contributed by atoms with E-state index in [1.165, 1.54) is 6.08 Å². The van der Waals surface area contributed by atoms with E-state index in [-0.39, 0.29) is 18.3 Å². The van der Waals surface area contributed by atoms with E-state index in [1.54, 1.807) is 43.5 Å². The average Bonchev–Trinajstić information content (AvgIpc) is 3.49. The third kappa shape index (κ3) is 6.22. The molecule has 2 aromatic heterocycles. The van der Waals surface area contributed by atoms with Crippen molar-refractivity contribution in [1.29, 1.82) is 0 Å². The molecule has 3 aromatic carbocycles. The number of nitrogens with zero attached hydrogens (tertiary/aromatic N) is 2. The van der Waals surface area contributed by atoms with Crippen LogP contribution in [0.15, 0.2) is 97.2 Å². The van der Waals surface area contributed by atoms with Crippen LogP contribution in [0.4, 0.5) is 0 Å². The number of carbonyl (C=O) groups is 2. The van der Waals surface area contributed by atoms with Crippen LogP contribution in [0.3, 0.4) is 0 Å². The van der Waals surface area contributed by atoms with Gasteiger partial charge in [-0.1, -0.05) is 48.0 Å². The molecule has 206 valence electrons.